The highest BCUT2D eigenvalue weighted by Crippen LogP contribution is 2.20. The Bertz CT molecular complexity index is 1150. The van der Waals surface area contributed by atoms with Crippen LogP contribution in [0.2, 0.25) is 5.02 Å². The number of carbonyl (C=O) groups excluding carboxylic acids is 1. The molecule has 0 N–H and O–H groups in total. The summed E-state index contributed by atoms with van der Waals surface area (Å²) in [5.74, 6) is 0.374. The minimum atomic E-state index is -0.115. The van der Waals surface area contributed by atoms with E-state index in [0.29, 0.717) is 48.2 Å². The van der Waals surface area contributed by atoms with Crippen molar-refractivity contribution in [3.8, 4) is 0 Å². The van der Waals surface area contributed by atoms with Crippen molar-refractivity contribution < 1.29 is 4.79 Å². The molecule has 0 unspecified atom stereocenters. The molecule has 0 atom stereocenters. The molecule has 5 nitrogen and oxygen atoms in total. The number of halogens is 1. The van der Waals surface area contributed by atoms with Crippen molar-refractivity contribution in [2.45, 2.75) is 46.2 Å². The summed E-state index contributed by atoms with van der Waals surface area (Å²) in [4.78, 5) is 32.4. The van der Waals surface area contributed by atoms with Gasteiger partial charge < -0.3 is 9.47 Å². The third-order valence-electron chi connectivity index (χ3n) is 5.58. The molecule has 3 aromatic rings. The van der Waals surface area contributed by atoms with Gasteiger partial charge in [-0.15, -0.1) is 0 Å². The second kappa shape index (κ2) is 8.60. The first-order valence-electron chi connectivity index (χ1n) is 10.5. The summed E-state index contributed by atoms with van der Waals surface area (Å²) < 4.78 is 1.76. The fourth-order valence-corrected chi connectivity index (χ4v) is 4.24. The number of amides is 1. The van der Waals surface area contributed by atoms with Crippen LogP contribution in [0.1, 0.15) is 37.1 Å². The molecular formula is C24H26ClN3O2. The maximum absolute atomic E-state index is 13.1. The van der Waals surface area contributed by atoms with E-state index in [1.54, 1.807) is 16.7 Å². The van der Waals surface area contributed by atoms with Crippen LogP contribution in [0.25, 0.3) is 11.0 Å². The van der Waals surface area contributed by atoms with Gasteiger partial charge in [0, 0.05) is 37.5 Å². The summed E-state index contributed by atoms with van der Waals surface area (Å²) >= 11 is 6.15. The van der Waals surface area contributed by atoms with E-state index in [2.05, 4.69) is 31.0 Å². The number of hydrogen-bond donors (Lipinski definition) is 0. The average Bonchev–Trinajstić information content (AvgIpc) is 2.73. The largest absolute Gasteiger partial charge is 0.338 e. The van der Waals surface area contributed by atoms with Gasteiger partial charge in [-0.25, -0.2) is 4.98 Å². The van der Waals surface area contributed by atoms with E-state index in [4.69, 9.17) is 11.6 Å². The first kappa shape index (κ1) is 20.6. The summed E-state index contributed by atoms with van der Waals surface area (Å²) in [6.07, 6.45) is 1.48. The second-order valence-corrected chi connectivity index (χ2v) is 8.77. The van der Waals surface area contributed by atoms with Gasteiger partial charge in [0.05, 0.1) is 11.0 Å². The third kappa shape index (κ3) is 4.26. The Kier molecular flexibility index (Phi) is 5.91. The number of aryl methyl sites for hydroxylation is 1. The highest BCUT2D eigenvalue weighted by molar-refractivity contribution is 6.31. The van der Waals surface area contributed by atoms with Gasteiger partial charge in [-0.05, 0) is 41.7 Å². The lowest BCUT2D eigenvalue weighted by atomic mass is 9.99. The van der Waals surface area contributed by atoms with Crippen molar-refractivity contribution >= 4 is 28.5 Å². The van der Waals surface area contributed by atoms with Crippen LogP contribution in [-0.4, -0.2) is 26.9 Å². The molecule has 0 aliphatic carbocycles. The quantitative estimate of drug-likeness (QED) is 0.617. The molecule has 156 valence electrons. The molecule has 0 saturated carbocycles. The van der Waals surface area contributed by atoms with Gasteiger partial charge in [-0.1, -0.05) is 49.7 Å². The van der Waals surface area contributed by atoms with Crippen LogP contribution < -0.4 is 5.56 Å². The molecule has 6 heteroatoms. The molecule has 30 heavy (non-hydrogen) atoms. The molecule has 1 amide bonds. The normalized spacial score (nSPS) is 13.7. The molecule has 2 heterocycles. The van der Waals surface area contributed by atoms with Gasteiger partial charge >= 0.3 is 0 Å². The van der Waals surface area contributed by atoms with Gasteiger partial charge in [-0.2, -0.15) is 0 Å². The molecule has 0 fully saturated rings. The summed E-state index contributed by atoms with van der Waals surface area (Å²) in [5, 5.41) is 0.582. The van der Waals surface area contributed by atoms with Gasteiger partial charge in [0.1, 0.15) is 5.69 Å². The molecule has 0 spiro atoms. The number of carbonyl (C=O) groups is 1. The SMILES string of the molecule is CC(C)Cn1c(=O)c(CCC(=O)N2CCc3ccccc3C2)nc2cc(Cl)ccc21. The van der Waals surface area contributed by atoms with E-state index < -0.39 is 0 Å². The minimum absolute atomic E-state index is 0.0623. The summed E-state index contributed by atoms with van der Waals surface area (Å²) in [6.45, 7) is 6.10. The number of hydrogen-bond acceptors (Lipinski definition) is 3. The number of rotatable bonds is 5. The predicted molar refractivity (Wildman–Crippen MR) is 120 cm³/mol. The number of benzene rings is 2. The molecule has 0 radical (unpaired) electrons. The first-order chi connectivity index (χ1) is 14.4. The summed E-state index contributed by atoms with van der Waals surface area (Å²) in [5.41, 5.74) is 4.30. The van der Waals surface area contributed by atoms with Crippen molar-refractivity contribution in [1.29, 1.82) is 0 Å². The van der Waals surface area contributed by atoms with Crippen LogP contribution in [0.5, 0.6) is 0 Å². The molecular weight excluding hydrogens is 398 g/mol. The van der Waals surface area contributed by atoms with Crippen LogP contribution in [0.4, 0.5) is 0 Å². The van der Waals surface area contributed by atoms with E-state index >= 15 is 0 Å². The van der Waals surface area contributed by atoms with Crippen molar-refractivity contribution in [1.82, 2.24) is 14.5 Å². The lowest BCUT2D eigenvalue weighted by Crippen LogP contribution is -2.36. The summed E-state index contributed by atoms with van der Waals surface area (Å²) in [7, 11) is 0. The Hall–Kier alpha value is -2.66. The maximum atomic E-state index is 13.1. The average molecular weight is 424 g/mol. The van der Waals surface area contributed by atoms with Crippen LogP contribution in [-0.2, 0) is 30.7 Å². The zero-order valence-electron chi connectivity index (χ0n) is 17.4. The van der Waals surface area contributed by atoms with Crippen LogP contribution >= 0.6 is 11.6 Å². The molecule has 0 bridgehead atoms. The maximum Gasteiger partial charge on any atom is 0.272 e. The molecule has 2 aromatic carbocycles. The Morgan fingerprint density at radius 2 is 1.93 bits per heavy atom. The van der Waals surface area contributed by atoms with Crippen LogP contribution in [0.3, 0.4) is 0 Å². The molecule has 1 aromatic heterocycles. The van der Waals surface area contributed by atoms with Crippen molar-refractivity contribution in [3.63, 3.8) is 0 Å². The Labute approximate surface area is 181 Å². The Balaban J connectivity index is 1.56. The van der Waals surface area contributed by atoms with Crippen LogP contribution in [0.15, 0.2) is 47.3 Å². The zero-order chi connectivity index (χ0) is 21.3. The van der Waals surface area contributed by atoms with Gasteiger partial charge in [0.25, 0.3) is 5.56 Å². The molecule has 1 aliphatic rings. The predicted octanol–water partition coefficient (Wildman–Crippen LogP) is 4.22. The second-order valence-electron chi connectivity index (χ2n) is 8.34. The van der Waals surface area contributed by atoms with Crippen molar-refractivity contribution in [3.05, 3.63) is 74.7 Å². The smallest absolute Gasteiger partial charge is 0.272 e. The highest BCUT2D eigenvalue weighted by Gasteiger charge is 2.21. The van der Waals surface area contributed by atoms with E-state index in [9.17, 15) is 9.59 Å². The van der Waals surface area contributed by atoms with Gasteiger partial charge in [0.2, 0.25) is 5.91 Å². The van der Waals surface area contributed by atoms with Crippen LogP contribution in [0, 0.1) is 5.92 Å². The molecule has 1 aliphatic heterocycles. The van der Waals surface area contributed by atoms with Gasteiger partial charge in [0.15, 0.2) is 0 Å². The molecule has 0 saturated heterocycles. The first-order valence-corrected chi connectivity index (χ1v) is 10.8. The van der Waals surface area contributed by atoms with E-state index in [-0.39, 0.29) is 17.9 Å². The topological polar surface area (TPSA) is 55.2 Å². The lowest BCUT2D eigenvalue weighted by molar-refractivity contribution is -0.132. The van der Waals surface area contributed by atoms with Gasteiger partial charge in [-0.3, -0.25) is 9.59 Å². The van der Waals surface area contributed by atoms with E-state index in [1.807, 2.05) is 23.1 Å². The highest BCUT2D eigenvalue weighted by atomic mass is 35.5. The fourth-order valence-electron chi connectivity index (χ4n) is 4.07. The lowest BCUT2D eigenvalue weighted by Gasteiger charge is -2.29. The van der Waals surface area contributed by atoms with E-state index in [0.717, 1.165) is 11.9 Å². The Morgan fingerprint density at radius 1 is 1.17 bits per heavy atom. The monoisotopic (exact) mass is 423 g/mol. The zero-order valence-corrected chi connectivity index (χ0v) is 18.2. The van der Waals surface area contributed by atoms with E-state index in [1.165, 1.54) is 11.1 Å². The van der Waals surface area contributed by atoms with Crippen molar-refractivity contribution in [2.75, 3.05) is 6.54 Å². The minimum Gasteiger partial charge on any atom is -0.338 e. The van der Waals surface area contributed by atoms with Crippen molar-refractivity contribution in [2.24, 2.45) is 5.92 Å². The standard InChI is InChI=1S/C24H26ClN3O2/c1-16(2)14-28-22-9-7-19(25)13-21(22)26-20(24(28)30)8-10-23(29)27-12-11-17-5-3-4-6-18(17)15-27/h3-7,9,13,16H,8,10-12,14-15H2,1-2H3. The molecule has 4 rings (SSSR count). The fraction of sp³-hybridized carbons (Fsp3) is 0.375. The summed E-state index contributed by atoms with van der Waals surface area (Å²) in [6, 6.07) is 13.6. The third-order valence-corrected chi connectivity index (χ3v) is 5.82. The number of aromatic nitrogens is 2. The number of nitrogens with zero attached hydrogens (tertiary/aromatic N) is 3. The number of fused-ring (bicyclic) bond motifs is 2. The Morgan fingerprint density at radius 3 is 2.70 bits per heavy atom.